The van der Waals surface area contributed by atoms with Crippen molar-refractivity contribution in [2.24, 2.45) is 0 Å². The summed E-state index contributed by atoms with van der Waals surface area (Å²) in [6, 6.07) is 1.77. The minimum absolute atomic E-state index is 0.110. The van der Waals surface area contributed by atoms with Crippen molar-refractivity contribution < 1.29 is 9.59 Å². The highest BCUT2D eigenvalue weighted by Gasteiger charge is 2.22. The number of hydrogen-bond acceptors (Lipinski definition) is 4. The fourth-order valence-electron chi connectivity index (χ4n) is 2.06. The van der Waals surface area contributed by atoms with Crippen LogP contribution in [0.2, 0.25) is 0 Å². The van der Waals surface area contributed by atoms with Gasteiger partial charge in [-0.15, -0.1) is 0 Å². The summed E-state index contributed by atoms with van der Waals surface area (Å²) < 4.78 is 0. The molecule has 0 aromatic carbocycles. The Balaban J connectivity index is 2.20. The van der Waals surface area contributed by atoms with Crippen LogP contribution in [0.15, 0.2) is 18.5 Å². The highest BCUT2D eigenvalue weighted by Crippen LogP contribution is 2.16. The zero-order valence-corrected chi connectivity index (χ0v) is 11.0. The van der Waals surface area contributed by atoms with Crippen molar-refractivity contribution in [3.8, 4) is 0 Å². The van der Waals surface area contributed by atoms with Crippen molar-refractivity contribution in [1.29, 1.82) is 0 Å². The van der Waals surface area contributed by atoms with E-state index in [-0.39, 0.29) is 18.4 Å². The second kappa shape index (κ2) is 6.17. The summed E-state index contributed by atoms with van der Waals surface area (Å²) >= 11 is 0. The van der Waals surface area contributed by atoms with Crippen LogP contribution in [-0.2, 0) is 4.79 Å². The van der Waals surface area contributed by atoms with E-state index >= 15 is 0 Å². The molecule has 0 saturated carbocycles. The van der Waals surface area contributed by atoms with Gasteiger partial charge in [0, 0.05) is 32.0 Å². The average molecular weight is 262 g/mol. The fourth-order valence-corrected chi connectivity index (χ4v) is 2.06. The normalized spacial score (nSPS) is 15.6. The van der Waals surface area contributed by atoms with Crippen LogP contribution in [-0.4, -0.2) is 47.9 Å². The monoisotopic (exact) mass is 262 g/mol. The van der Waals surface area contributed by atoms with Crippen molar-refractivity contribution in [3.05, 3.63) is 24.0 Å². The minimum Gasteiger partial charge on any atom is -0.385 e. The summed E-state index contributed by atoms with van der Waals surface area (Å²) in [5.74, 6) is -0.263. The molecule has 2 rings (SSSR count). The third kappa shape index (κ3) is 3.21. The largest absolute Gasteiger partial charge is 0.385 e. The number of rotatable bonds is 3. The summed E-state index contributed by atoms with van der Waals surface area (Å²) in [6.07, 6.45) is 3.96. The van der Waals surface area contributed by atoms with Gasteiger partial charge in [-0.25, -0.2) is 0 Å². The van der Waals surface area contributed by atoms with Crippen LogP contribution in [0.5, 0.6) is 0 Å². The highest BCUT2D eigenvalue weighted by atomic mass is 16.2. The first-order valence-electron chi connectivity index (χ1n) is 6.46. The molecule has 1 aromatic rings. The van der Waals surface area contributed by atoms with Crippen molar-refractivity contribution in [3.63, 3.8) is 0 Å². The molecule has 2 N–H and O–H groups in total. The minimum atomic E-state index is -0.152. The summed E-state index contributed by atoms with van der Waals surface area (Å²) in [6.45, 7) is 4.01. The summed E-state index contributed by atoms with van der Waals surface area (Å²) in [7, 11) is 0. The van der Waals surface area contributed by atoms with Gasteiger partial charge in [-0.1, -0.05) is 0 Å². The molecule has 0 unspecified atom stereocenters. The predicted molar refractivity (Wildman–Crippen MR) is 71.9 cm³/mol. The quantitative estimate of drug-likeness (QED) is 0.830. The van der Waals surface area contributed by atoms with E-state index in [0.717, 1.165) is 18.7 Å². The third-order valence-electron chi connectivity index (χ3n) is 2.97. The van der Waals surface area contributed by atoms with Crippen LogP contribution in [0.3, 0.4) is 0 Å². The number of anilines is 1. The summed E-state index contributed by atoms with van der Waals surface area (Å²) in [5.41, 5.74) is 1.27. The van der Waals surface area contributed by atoms with E-state index < -0.39 is 0 Å². The van der Waals surface area contributed by atoms with Crippen LogP contribution in [0.4, 0.5) is 5.69 Å². The Morgan fingerprint density at radius 2 is 2.42 bits per heavy atom. The Morgan fingerprint density at radius 1 is 1.58 bits per heavy atom. The van der Waals surface area contributed by atoms with Gasteiger partial charge >= 0.3 is 0 Å². The van der Waals surface area contributed by atoms with Crippen LogP contribution >= 0.6 is 0 Å². The molecule has 102 valence electrons. The number of nitrogens with zero attached hydrogens (tertiary/aromatic N) is 2. The van der Waals surface area contributed by atoms with Crippen LogP contribution < -0.4 is 10.6 Å². The Labute approximate surface area is 112 Å². The molecule has 1 aliphatic rings. The molecule has 1 saturated heterocycles. The van der Waals surface area contributed by atoms with Gasteiger partial charge in [-0.3, -0.25) is 14.6 Å². The smallest absolute Gasteiger partial charge is 0.257 e. The number of aromatic nitrogens is 1. The second-order valence-corrected chi connectivity index (χ2v) is 4.38. The number of carbonyl (C=O) groups is 2. The summed E-state index contributed by atoms with van der Waals surface area (Å²) in [5, 5.41) is 5.89. The molecule has 6 heteroatoms. The molecule has 1 fully saturated rings. The highest BCUT2D eigenvalue weighted by molar-refractivity contribution is 6.00. The fraction of sp³-hybridized carbons (Fsp3) is 0.462. The standard InChI is InChI=1S/C13H18N4O2/c1-2-15-11-4-6-14-8-10(11)13(19)17-7-3-5-16-12(18)9-17/h4,6,8H,2-3,5,7,9H2,1H3,(H,14,15)(H,16,18). The maximum absolute atomic E-state index is 12.5. The molecular weight excluding hydrogens is 244 g/mol. The number of amides is 2. The first kappa shape index (κ1) is 13.3. The lowest BCUT2D eigenvalue weighted by molar-refractivity contribution is -0.121. The van der Waals surface area contributed by atoms with E-state index in [9.17, 15) is 9.59 Å². The lowest BCUT2D eigenvalue weighted by Crippen LogP contribution is -2.37. The van der Waals surface area contributed by atoms with E-state index in [2.05, 4.69) is 15.6 Å². The summed E-state index contributed by atoms with van der Waals surface area (Å²) in [4.78, 5) is 29.5. The molecule has 0 bridgehead atoms. The van der Waals surface area contributed by atoms with Gasteiger partial charge in [0.2, 0.25) is 5.91 Å². The SMILES string of the molecule is CCNc1ccncc1C(=O)N1CCCNC(=O)C1. The van der Waals surface area contributed by atoms with E-state index in [1.54, 1.807) is 23.4 Å². The van der Waals surface area contributed by atoms with Crippen molar-refractivity contribution in [2.45, 2.75) is 13.3 Å². The number of carbonyl (C=O) groups excluding carboxylic acids is 2. The number of nitrogens with one attached hydrogen (secondary N) is 2. The van der Waals surface area contributed by atoms with Crippen LogP contribution in [0.1, 0.15) is 23.7 Å². The van der Waals surface area contributed by atoms with E-state index in [1.807, 2.05) is 6.92 Å². The van der Waals surface area contributed by atoms with Crippen molar-refractivity contribution in [2.75, 3.05) is 31.5 Å². The van der Waals surface area contributed by atoms with Crippen molar-refractivity contribution >= 4 is 17.5 Å². The van der Waals surface area contributed by atoms with Gasteiger partial charge in [0.1, 0.15) is 0 Å². The topological polar surface area (TPSA) is 74.3 Å². The average Bonchev–Trinajstić information content (AvgIpc) is 2.64. The molecular formula is C13H18N4O2. The molecule has 1 aliphatic heterocycles. The molecule has 1 aromatic heterocycles. The van der Waals surface area contributed by atoms with Crippen molar-refractivity contribution in [1.82, 2.24) is 15.2 Å². The Bertz CT molecular complexity index is 475. The lowest BCUT2D eigenvalue weighted by atomic mass is 10.2. The molecule has 0 radical (unpaired) electrons. The molecule has 6 nitrogen and oxygen atoms in total. The molecule has 0 atom stereocenters. The zero-order chi connectivity index (χ0) is 13.7. The molecule has 0 aliphatic carbocycles. The Hall–Kier alpha value is -2.11. The van der Waals surface area contributed by atoms with Crippen LogP contribution in [0, 0.1) is 0 Å². The molecule has 0 spiro atoms. The first-order chi connectivity index (χ1) is 9.22. The van der Waals surface area contributed by atoms with Gasteiger partial charge < -0.3 is 15.5 Å². The Morgan fingerprint density at radius 3 is 3.21 bits per heavy atom. The van der Waals surface area contributed by atoms with Gasteiger partial charge in [-0.05, 0) is 19.4 Å². The van der Waals surface area contributed by atoms with Gasteiger partial charge in [-0.2, -0.15) is 0 Å². The lowest BCUT2D eigenvalue weighted by Gasteiger charge is -2.20. The molecule has 2 heterocycles. The number of hydrogen-bond donors (Lipinski definition) is 2. The molecule has 2 amide bonds. The van der Waals surface area contributed by atoms with Gasteiger partial charge in [0.15, 0.2) is 0 Å². The zero-order valence-electron chi connectivity index (χ0n) is 11.0. The second-order valence-electron chi connectivity index (χ2n) is 4.38. The van der Waals surface area contributed by atoms with Gasteiger partial charge in [0.25, 0.3) is 5.91 Å². The maximum Gasteiger partial charge on any atom is 0.257 e. The third-order valence-corrected chi connectivity index (χ3v) is 2.97. The Kier molecular flexibility index (Phi) is 4.33. The van der Waals surface area contributed by atoms with E-state index in [4.69, 9.17) is 0 Å². The predicted octanol–water partition coefficient (Wildman–Crippen LogP) is 0.475. The maximum atomic E-state index is 12.5. The molecule has 19 heavy (non-hydrogen) atoms. The van der Waals surface area contributed by atoms with Gasteiger partial charge in [0.05, 0.1) is 17.8 Å². The first-order valence-corrected chi connectivity index (χ1v) is 6.46. The number of pyridine rings is 1. The van der Waals surface area contributed by atoms with E-state index in [0.29, 0.717) is 18.7 Å². The van der Waals surface area contributed by atoms with Crippen LogP contribution in [0.25, 0.3) is 0 Å². The van der Waals surface area contributed by atoms with E-state index in [1.165, 1.54) is 0 Å².